The van der Waals surface area contributed by atoms with Crippen LogP contribution in [-0.2, 0) is 0 Å². The Balaban J connectivity index is 1.96. The molecule has 1 aliphatic carbocycles. The van der Waals surface area contributed by atoms with Crippen LogP contribution in [0, 0.1) is 5.92 Å². The van der Waals surface area contributed by atoms with Crippen molar-refractivity contribution in [1.82, 2.24) is 5.32 Å². The minimum absolute atomic E-state index is 0.992. The molecule has 0 amide bonds. The Morgan fingerprint density at radius 3 is 2.55 bits per heavy atom. The maximum Gasteiger partial charge on any atom is 0.0121 e. The molecule has 0 aromatic heterocycles. The summed E-state index contributed by atoms with van der Waals surface area (Å²) in [7, 11) is 0. The van der Waals surface area contributed by atoms with Crippen molar-refractivity contribution < 1.29 is 0 Å². The molecule has 1 saturated carbocycles. The summed E-state index contributed by atoms with van der Waals surface area (Å²) in [6.07, 6.45) is 7.35. The van der Waals surface area contributed by atoms with Gasteiger partial charge in [0.2, 0.25) is 0 Å². The number of halogens is 1. The third kappa shape index (κ3) is 4.31. The monoisotopic (exact) mass is 267 g/mol. The van der Waals surface area contributed by atoms with Gasteiger partial charge in [0.15, 0.2) is 0 Å². The lowest BCUT2D eigenvalue weighted by molar-refractivity contribution is 0.345. The Kier molecular flexibility index (Phi) is 5.54. The van der Waals surface area contributed by atoms with Crippen molar-refractivity contribution in [3.05, 3.63) is 0 Å². The van der Waals surface area contributed by atoms with Gasteiger partial charge in [0.05, 0.1) is 0 Å². The minimum atomic E-state index is 0.992. The largest absolute Gasteiger partial charge is 0.316 e. The van der Waals surface area contributed by atoms with E-state index in [1.807, 2.05) is 0 Å². The molecule has 0 bridgehead atoms. The highest BCUT2D eigenvalue weighted by Gasteiger charge is 2.11. The molecule has 0 spiro atoms. The van der Waals surface area contributed by atoms with Gasteiger partial charge in [-0.2, -0.15) is 0 Å². The Hall–Kier alpha value is 0.690. The van der Waals surface area contributed by atoms with Gasteiger partial charge in [0, 0.05) is 11.0 Å². The topological polar surface area (TPSA) is 12.0 Å². The normalized spacial score (nSPS) is 20.5. The van der Waals surface area contributed by atoms with Crippen molar-refractivity contribution in [2.45, 2.75) is 32.1 Å². The Morgan fingerprint density at radius 1 is 1.18 bits per heavy atom. The molecule has 1 rings (SSSR count). The van der Waals surface area contributed by atoms with Gasteiger partial charge in [-0.05, 0) is 25.3 Å². The van der Waals surface area contributed by atoms with Gasteiger partial charge < -0.3 is 5.32 Å². The van der Waals surface area contributed by atoms with Crippen molar-refractivity contribution >= 4 is 22.6 Å². The highest BCUT2D eigenvalue weighted by molar-refractivity contribution is 14.1. The summed E-state index contributed by atoms with van der Waals surface area (Å²) < 4.78 is 1.24. The Bertz CT molecular complexity index is 89.6. The molecule has 1 aliphatic rings. The highest BCUT2D eigenvalue weighted by Crippen LogP contribution is 2.22. The van der Waals surface area contributed by atoms with E-state index in [0.717, 1.165) is 5.92 Å². The van der Waals surface area contributed by atoms with Gasteiger partial charge >= 0.3 is 0 Å². The van der Waals surface area contributed by atoms with Crippen LogP contribution in [0.2, 0.25) is 0 Å². The van der Waals surface area contributed by atoms with E-state index in [4.69, 9.17) is 0 Å². The van der Waals surface area contributed by atoms with Crippen LogP contribution in [0.4, 0.5) is 0 Å². The number of rotatable bonds is 4. The summed E-state index contributed by atoms with van der Waals surface area (Å²) in [4.78, 5) is 0. The molecule has 2 heteroatoms. The maximum atomic E-state index is 3.50. The minimum Gasteiger partial charge on any atom is -0.316 e. The predicted octanol–water partition coefficient (Wildman–Crippen LogP) is 2.59. The van der Waals surface area contributed by atoms with Crippen molar-refractivity contribution in [3.8, 4) is 0 Å². The first-order valence-corrected chi connectivity index (χ1v) is 6.22. The molecule has 0 aromatic carbocycles. The fourth-order valence-corrected chi connectivity index (χ4v) is 2.15. The van der Waals surface area contributed by atoms with E-state index in [-0.39, 0.29) is 0 Å². The quantitative estimate of drug-likeness (QED) is 0.469. The van der Waals surface area contributed by atoms with Crippen LogP contribution in [0.5, 0.6) is 0 Å². The van der Waals surface area contributed by atoms with Gasteiger partial charge in [0.1, 0.15) is 0 Å². The van der Waals surface area contributed by atoms with Crippen molar-refractivity contribution in [3.63, 3.8) is 0 Å². The van der Waals surface area contributed by atoms with Crippen LogP contribution in [0.25, 0.3) is 0 Å². The van der Waals surface area contributed by atoms with E-state index >= 15 is 0 Å². The zero-order valence-corrected chi connectivity index (χ0v) is 9.27. The zero-order chi connectivity index (χ0) is 7.94. The van der Waals surface area contributed by atoms with Crippen molar-refractivity contribution in [1.29, 1.82) is 0 Å². The molecule has 11 heavy (non-hydrogen) atoms. The molecule has 1 nitrogen and oxygen atoms in total. The lowest BCUT2D eigenvalue weighted by Gasteiger charge is -2.21. The fraction of sp³-hybridized carbons (Fsp3) is 1.00. The van der Waals surface area contributed by atoms with E-state index in [1.54, 1.807) is 0 Å². The molecule has 0 aromatic rings. The zero-order valence-electron chi connectivity index (χ0n) is 7.11. The van der Waals surface area contributed by atoms with Crippen LogP contribution in [-0.4, -0.2) is 17.5 Å². The SMILES string of the molecule is ICCNCC1CCCCC1. The van der Waals surface area contributed by atoms with Gasteiger partial charge in [-0.25, -0.2) is 0 Å². The second-order valence-electron chi connectivity index (χ2n) is 3.40. The lowest BCUT2D eigenvalue weighted by atomic mass is 9.89. The molecular formula is C9H18IN. The molecule has 0 heterocycles. The summed E-state index contributed by atoms with van der Waals surface area (Å²) in [5.41, 5.74) is 0. The summed E-state index contributed by atoms with van der Waals surface area (Å²) in [6.45, 7) is 2.46. The summed E-state index contributed by atoms with van der Waals surface area (Å²) >= 11 is 2.42. The summed E-state index contributed by atoms with van der Waals surface area (Å²) in [5, 5.41) is 3.50. The second kappa shape index (κ2) is 6.23. The average molecular weight is 267 g/mol. The first-order chi connectivity index (χ1) is 5.43. The van der Waals surface area contributed by atoms with E-state index in [2.05, 4.69) is 27.9 Å². The summed E-state index contributed by atoms with van der Waals surface area (Å²) in [6, 6.07) is 0. The predicted molar refractivity (Wildman–Crippen MR) is 58.3 cm³/mol. The standard InChI is InChI=1S/C9H18IN/c10-6-7-11-8-9-4-2-1-3-5-9/h9,11H,1-8H2. The molecule has 0 unspecified atom stereocenters. The molecule has 1 fully saturated rings. The molecule has 66 valence electrons. The molecule has 0 radical (unpaired) electrons. The van der Waals surface area contributed by atoms with Gasteiger partial charge in [-0.15, -0.1) is 0 Å². The van der Waals surface area contributed by atoms with Crippen molar-refractivity contribution in [2.75, 3.05) is 17.5 Å². The number of nitrogens with one attached hydrogen (secondary N) is 1. The molecule has 1 N–H and O–H groups in total. The first kappa shape index (κ1) is 9.78. The Labute approximate surface area is 83.5 Å². The lowest BCUT2D eigenvalue weighted by Crippen LogP contribution is -2.25. The smallest absolute Gasteiger partial charge is 0.0121 e. The molecular weight excluding hydrogens is 249 g/mol. The molecule has 0 aliphatic heterocycles. The first-order valence-electron chi connectivity index (χ1n) is 4.70. The highest BCUT2D eigenvalue weighted by atomic mass is 127. The number of hydrogen-bond donors (Lipinski definition) is 1. The third-order valence-corrected chi connectivity index (χ3v) is 2.97. The van der Waals surface area contributed by atoms with Crippen LogP contribution in [0.15, 0.2) is 0 Å². The van der Waals surface area contributed by atoms with Crippen molar-refractivity contribution in [2.24, 2.45) is 5.92 Å². The van der Waals surface area contributed by atoms with Crippen LogP contribution < -0.4 is 5.32 Å². The summed E-state index contributed by atoms with van der Waals surface area (Å²) in [5.74, 6) is 0.992. The van der Waals surface area contributed by atoms with E-state index < -0.39 is 0 Å². The van der Waals surface area contributed by atoms with Gasteiger partial charge in [-0.1, -0.05) is 41.9 Å². The fourth-order valence-electron chi connectivity index (χ4n) is 1.76. The van der Waals surface area contributed by atoms with Crippen LogP contribution >= 0.6 is 22.6 Å². The molecule has 0 atom stereocenters. The third-order valence-electron chi connectivity index (χ3n) is 2.43. The van der Waals surface area contributed by atoms with E-state index in [1.165, 1.54) is 49.6 Å². The van der Waals surface area contributed by atoms with Crippen LogP contribution in [0.3, 0.4) is 0 Å². The van der Waals surface area contributed by atoms with Gasteiger partial charge in [0.25, 0.3) is 0 Å². The van der Waals surface area contributed by atoms with E-state index in [0.29, 0.717) is 0 Å². The Morgan fingerprint density at radius 2 is 1.91 bits per heavy atom. The average Bonchev–Trinajstić information content (AvgIpc) is 2.07. The second-order valence-corrected chi connectivity index (χ2v) is 4.48. The van der Waals surface area contributed by atoms with E-state index in [9.17, 15) is 0 Å². The molecule has 0 saturated heterocycles. The maximum absolute atomic E-state index is 3.50. The van der Waals surface area contributed by atoms with Crippen LogP contribution in [0.1, 0.15) is 32.1 Å². The number of hydrogen-bond acceptors (Lipinski definition) is 1. The number of alkyl halides is 1. The van der Waals surface area contributed by atoms with Gasteiger partial charge in [-0.3, -0.25) is 0 Å².